The molecule has 0 aliphatic carbocycles. The van der Waals surface area contributed by atoms with E-state index >= 15 is 0 Å². The van der Waals surface area contributed by atoms with Crippen LogP contribution >= 0.6 is 27.3 Å². The van der Waals surface area contributed by atoms with Crippen LogP contribution in [0.2, 0.25) is 0 Å². The Balaban J connectivity index is 2.75. The fourth-order valence-corrected chi connectivity index (χ4v) is 2.73. The van der Waals surface area contributed by atoms with Crippen LogP contribution in [0, 0.1) is 0 Å². The molecule has 4 heteroatoms. The second kappa shape index (κ2) is 5.23. The van der Waals surface area contributed by atoms with Crippen LogP contribution in [0.25, 0.3) is 0 Å². The standard InChI is InChI=1S/C11H15BrO2S/c1-4-11(2,14-3)10(13)7-9-8(12)5-6-15-9/h5-6H,4,7H2,1-3H3. The summed E-state index contributed by atoms with van der Waals surface area (Å²) in [5, 5.41) is 1.97. The van der Waals surface area contributed by atoms with Gasteiger partial charge in [-0.15, -0.1) is 11.3 Å². The first kappa shape index (κ1) is 12.9. The second-order valence-electron chi connectivity index (χ2n) is 3.58. The number of halogens is 1. The lowest BCUT2D eigenvalue weighted by molar-refractivity contribution is -0.138. The molecule has 0 saturated heterocycles. The molecule has 0 amide bonds. The van der Waals surface area contributed by atoms with E-state index in [1.807, 2.05) is 25.3 Å². The van der Waals surface area contributed by atoms with Gasteiger partial charge in [0.15, 0.2) is 5.78 Å². The lowest BCUT2D eigenvalue weighted by atomic mass is 9.95. The molecule has 15 heavy (non-hydrogen) atoms. The number of carbonyl (C=O) groups is 1. The maximum absolute atomic E-state index is 12.0. The molecule has 0 saturated carbocycles. The van der Waals surface area contributed by atoms with E-state index in [0.29, 0.717) is 12.8 Å². The quantitative estimate of drug-likeness (QED) is 0.830. The van der Waals surface area contributed by atoms with Crippen LogP contribution in [0.3, 0.4) is 0 Å². The number of rotatable bonds is 5. The molecule has 0 radical (unpaired) electrons. The van der Waals surface area contributed by atoms with E-state index in [1.54, 1.807) is 18.4 Å². The molecule has 0 bridgehead atoms. The minimum atomic E-state index is -0.649. The Morgan fingerprint density at radius 3 is 2.73 bits per heavy atom. The summed E-state index contributed by atoms with van der Waals surface area (Å²) in [5.74, 6) is 0.135. The Morgan fingerprint density at radius 1 is 1.67 bits per heavy atom. The normalized spacial score (nSPS) is 14.9. The van der Waals surface area contributed by atoms with Crippen molar-refractivity contribution in [2.75, 3.05) is 7.11 Å². The summed E-state index contributed by atoms with van der Waals surface area (Å²) in [4.78, 5) is 13.1. The van der Waals surface area contributed by atoms with Crippen molar-refractivity contribution in [3.05, 3.63) is 20.8 Å². The fraction of sp³-hybridized carbons (Fsp3) is 0.545. The van der Waals surface area contributed by atoms with Crippen molar-refractivity contribution in [2.45, 2.75) is 32.3 Å². The molecule has 84 valence electrons. The van der Waals surface area contributed by atoms with Crippen LogP contribution in [0.4, 0.5) is 0 Å². The number of methoxy groups -OCH3 is 1. The summed E-state index contributed by atoms with van der Waals surface area (Å²) in [5.41, 5.74) is -0.649. The molecule has 0 fully saturated rings. The largest absolute Gasteiger partial charge is 0.371 e. The minimum absolute atomic E-state index is 0.135. The highest BCUT2D eigenvalue weighted by Crippen LogP contribution is 2.26. The summed E-state index contributed by atoms with van der Waals surface area (Å²) in [6.07, 6.45) is 1.14. The highest BCUT2D eigenvalue weighted by Gasteiger charge is 2.30. The summed E-state index contributed by atoms with van der Waals surface area (Å²) < 4.78 is 6.29. The number of ketones is 1. The van der Waals surface area contributed by atoms with Crippen molar-refractivity contribution in [1.29, 1.82) is 0 Å². The topological polar surface area (TPSA) is 26.3 Å². The van der Waals surface area contributed by atoms with E-state index in [9.17, 15) is 4.79 Å². The molecular weight excluding hydrogens is 276 g/mol. The first-order chi connectivity index (χ1) is 7.03. The molecule has 1 aromatic heterocycles. The van der Waals surface area contributed by atoms with E-state index in [-0.39, 0.29) is 5.78 Å². The predicted octanol–water partition coefficient (Wildman–Crippen LogP) is 3.44. The van der Waals surface area contributed by atoms with Crippen molar-refractivity contribution in [3.8, 4) is 0 Å². The van der Waals surface area contributed by atoms with E-state index in [0.717, 1.165) is 9.35 Å². The molecule has 1 unspecified atom stereocenters. The third kappa shape index (κ3) is 2.89. The molecule has 0 aliphatic rings. The highest BCUT2D eigenvalue weighted by atomic mass is 79.9. The summed E-state index contributed by atoms with van der Waals surface area (Å²) in [6, 6.07) is 1.96. The number of Topliss-reactive ketones (excluding diaryl/α,β-unsaturated/α-hetero) is 1. The van der Waals surface area contributed by atoms with Gasteiger partial charge in [-0.3, -0.25) is 4.79 Å². The molecule has 0 spiro atoms. The van der Waals surface area contributed by atoms with Gasteiger partial charge in [0.05, 0.1) is 0 Å². The lowest BCUT2D eigenvalue weighted by Gasteiger charge is -2.24. The van der Waals surface area contributed by atoms with Gasteiger partial charge < -0.3 is 4.74 Å². The van der Waals surface area contributed by atoms with Gasteiger partial charge in [0.25, 0.3) is 0 Å². The monoisotopic (exact) mass is 290 g/mol. The number of carbonyl (C=O) groups excluding carboxylic acids is 1. The zero-order valence-corrected chi connectivity index (χ0v) is 11.6. The fourth-order valence-electron chi connectivity index (χ4n) is 1.24. The Labute approximate surface area is 103 Å². The molecule has 0 aliphatic heterocycles. The molecule has 1 aromatic rings. The molecule has 0 N–H and O–H groups in total. The van der Waals surface area contributed by atoms with Gasteiger partial charge in [-0.05, 0) is 40.7 Å². The van der Waals surface area contributed by atoms with Crippen molar-refractivity contribution in [3.63, 3.8) is 0 Å². The average Bonchev–Trinajstić information content (AvgIpc) is 2.63. The van der Waals surface area contributed by atoms with E-state index in [4.69, 9.17) is 4.74 Å². The zero-order valence-electron chi connectivity index (χ0n) is 9.17. The lowest BCUT2D eigenvalue weighted by Crippen LogP contribution is -2.37. The number of hydrogen-bond donors (Lipinski definition) is 0. The van der Waals surface area contributed by atoms with Gasteiger partial charge in [0.1, 0.15) is 5.60 Å². The maximum Gasteiger partial charge on any atom is 0.169 e. The first-order valence-corrected chi connectivity index (χ1v) is 6.51. The Hall–Kier alpha value is -0.190. The highest BCUT2D eigenvalue weighted by molar-refractivity contribution is 9.10. The smallest absolute Gasteiger partial charge is 0.169 e. The van der Waals surface area contributed by atoms with Crippen LogP contribution in [0.5, 0.6) is 0 Å². The third-order valence-corrected chi connectivity index (χ3v) is 4.65. The van der Waals surface area contributed by atoms with E-state index < -0.39 is 5.60 Å². The van der Waals surface area contributed by atoms with Gasteiger partial charge in [0.2, 0.25) is 0 Å². The molecular formula is C11H15BrO2S. The van der Waals surface area contributed by atoms with Crippen LogP contribution < -0.4 is 0 Å². The van der Waals surface area contributed by atoms with Gasteiger partial charge in [0, 0.05) is 22.9 Å². The van der Waals surface area contributed by atoms with Crippen LogP contribution in [0.1, 0.15) is 25.1 Å². The van der Waals surface area contributed by atoms with Gasteiger partial charge in [-0.2, -0.15) is 0 Å². The van der Waals surface area contributed by atoms with Gasteiger partial charge >= 0.3 is 0 Å². The zero-order chi connectivity index (χ0) is 11.5. The summed E-state index contributed by atoms with van der Waals surface area (Å²) in [7, 11) is 1.59. The molecule has 1 rings (SSSR count). The summed E-state index contributed by atoms with van der Waals surface area (Å²) in [6.45, 7) is 3.81. The number of thiophene rings is 1. The second-order valence-corrected chi connectivity index (χ2v) is 5.44. The Morgan fingerprint density at radius 2 is 2.33 bits per heavy atom. The van der Waals surface area contributed by atoms with E-state index in [1.165, 1.54) is 0 Å². The number of ether oxygens (including phenoxy) is 1. The number of hydrogen-bond acceptors (Lipinski definition) is 3. The van der Waals surface area contributed by atoms with Crippen LogP contribution in [0.15, 0.2) is 15.9 Å². The van der Waals surface area contributed by atoms with E-state index in [2.05, 4.69) is 15.9 Å². The maximum atomic E-state index is 12.0. The minimum Gasteiger partial charge on any atom is -0.371 e. The average molecular weight is 291 g/mol. The molecule has 1 heterocycles. The first-order valence-electron chi connectivity index (χ1n) is 4.84. The van der Waals surface area contributed by atoms with Gasteiger partial charge in [-0.1, -0.05) is 6.92 Å². The molecule has 2 nitrogen and oxygen atoms in total. The van der Waals surface area contributed by atoms with Gasteiger partial charge in [-0.25, -0.2) is 0 Å². The van der Waals surface area contributed by atoms with Crippen molar-refractivity contribution < 1.29 is 9.53 Å². The van der Waals surface area contributed by atoms with Crippen LogP contribution in [-0.4, -0.2) is 18.5 Å². The van der Waals surface area contributed by atoms with Crippen molar-refractivity contribution in [1.82, 2.24) is 0 Å². The molecule has 0 aromatic carbocycles. The summed E-state index contributed by atoms with van der Waals surface area (Å²) >= 11 is 5.01. The predicted molar refractivity (Wildman–Crippen MR) is 66.4 cm³/mol. The third-order valence-electron chi connectivity index (χ3n) is 2.73. The van der Waals surface area contributed by atoms with Crippen LogP contribution in [-0.2, 0) is 16.0 Å². The Kier molecular flexibility index (Phi) is 4.49. The Bertz CT molecular complexity index is 342. The van der Waals surface area contributed by atoms with Crippen molar-refractivity contribution in [2.24, 2.45) is 0 Å². The molecule has 1 atom stereocenters. The van der Waals surface area contributed by atoms with Crippen molar-refractivity contribution >= 4 is 33.0 Å². The SMILES string of the molecule is CCC(C)(OC)C(=O)Cc1sccc1Br.